The average Bonchev–Trinajstić information content (AvgIpc) is 3.27. The molecule has 1 aliphatic carbocycles. The monoisotopic (exact) mass is 458 g/mol. The lowest BCUT2D eigenvalue weighted by atomic mass is 9.84. The van der Waals surface area contributed by atoms with Crippen LogP contribution in [0.4, 0.5) is 0 Å². The summed E-state index contributed by atoms with van der Waals surface area (Å²) in [5.74, 6) is -4.42. The van der Waals surface area contributed by atoms with Crippen molar-refractivity contribution in [2.24, 2.45) is 21.5 Å². The Morgan fingerprint density at radius 3 is 2.70 bits per heavy atom. The second-order valence-electron chi connectivity index (χ2n) is 8.77. The molecule has 3 heterocycles. The van der Waals surface area contributed by atoms with E-state index in [1.165, 1.54) is 10.4 Å². The minimum atomic E-state index is -2.67. The molecule has 0 bridgehead atoms. The summed E-state index contributed by atoms with van der Waals surface area (Å²) in [7, 11) is 0. The van der Waals surface area contributed by atoms with E-state index in [4.69, 9.17) is 16.7 Å². The number of carbonyl (C=O) groups is 2. The van der Waals surface area contributed by atoms with Crippen molar-refractivity contribution in [1.82, 2.24) is 21.0 Å². The highest BCUT2D eigenvalue weighted by Gasteiger charge is 2.74. The van der Waals surface area contributed by atoms with Gasteiger partial charge in [0.25, 0.3) is 11.8 Å². The van der Waals surface area contributed by atoms with Crippen molar-refractivity contribution in [2.45, 2.75) is 55.3 Å². The Morgan fingerprint density at radius 2 is 1.94 bits per heavy atom. The molecule has 2 amide bonds. The normalized spacial score (nSPS) is 31.4. The fourth-order valence-electron chi connectivity index (χ4n) is 5.50. The molecule has 4 unspecified atom stereocenters. The highest BCUT2D eigenvalue weighted by atomic mass is 16.5. The molecule has 1 saturated heterocycles. The number of hydrogen-bond acceptors (Lipinski definition) is 11. The van der Waals surface area contributed by atoms with Crippen molar-refractivity contribution in [3.05, 3.63) is 34.9 Å². The number of nitrogens with one attached hydrogen (secondary N) is 3. The van der Waals surface area contributed by atoms with Gasteiger partial charge >= 0.3 is 0 Å². The second-order valence-corrected chi connectivity index (χ2v) is 8.77. The van der Waals surface area contributed by atoms with Crippen LogP contribution >= 0.6 is 0 Å². The second kappa shape index (κ2) is 7.30. The fourth-order valence-corrected chi connectivity index (χ4v) is 5.50. The van der Waals surface area contributed by atoms with Gasteiger partial charge in [-0.1, -0.05) is 12.1 Å². The molecule has 0 radical (unpaired) electrons. The Labute approximate surface area is 188 Å². The van der Waals surface area contributed by atoms with Gasteiger partial charge in [0, 0.05) is 12.1 Å². The molecule has 1 aromatic rings. The maximum Gasteiger partial charge on any atom is 0.270 e. The molecule has 13 nitrogen and oxygen atoms in total. The van der Waals surface area contributed by atoms with E-state index in [0.717, 1.165) is 36.8 Å². The van der Waals surface area contributed by atoms with E-state index in [-0.39, 0.29) is 18.5 Å². The van der Waals surface area contributed by atoms with Gasteiger partial charge in [-0.2, -0.15) is 0 Å². The Kier molecular flexibility index (Phi) is 4.74. The Balaban J connectivity index is 1.49. The third-order valence-corrected chi connectivity index (χ3v) is 7.03. The number of fused-ring (bicyclic) bond motifs is 1. The van der Waals surface area contributed by atoms with E-state index in [9.17, 15) is 19.8 Å². The molecule has 0 saturated carbocycles. The van der Waals surface area contributed by atoms with Crippen LogP contribution in [0.2, 0.25) is 0 Å². The third kappa shape index (κ3) is 2.89. The number of carbonyl (C=O) groups excluding carboxylic acids is 2. The highest BCUT2D eigenvalue weighted by molar-refractivity contribution is 5.97. The lowest BCUT2D eigenvalue weighted by Crippen LogP contribution is -2.78. The summed E-state index contributed by atoms with van der Waals surface area (Å²) in [5.41, 5.74) is 14.1. The minimum Gasteiger partial charge on any atom is -0.370 e. The number of amides is 2. The molecule has 0 aromatic heterocycles. The first kappa shape index (κ1) is 21.4. The van der Waals surface area contributed by atoms with Gasteiger partial charge in [0.15, 0.2) is 23.6 Å². The van der Waals surface area contributed by atoms with E-state index >= 15 is 0 Å². The van der Waals surface area contributed by atoms with Crippen LogP contribution in [0.3, 0.4) is 0 Å². The van der Waals surface area contributed by atoms with E-state index in [1.54, 1.807) is 6.07 Å². The first-order valence-electron chi connectivity index (χ1n) is 10.7. The Hall–Kier alpha value is -3.42. The Morgan fingerprint density at radius 1 is 1.18 bits per heavy atom. The molecule has 1 fully saturated rings. The highest BCUT2D eigenvalue weighted by Crippen LogP contribution is 2.44. The molecule has 4 atom stereocenters. The molecule has 176 valence electrons. The molecule has 1 aromatic carbocycles. The van der Waals surface area contributed by atoms with Gasteiger partial charge in [-0.05, 0) is 42.9 Å². The summed E-state index contributed by atoms with van der Waals surface area (Å²) < 4.78 is 0. The van der Waals surface area contributed by atoms with Gasteiger partial charge < -0.3 is 37.2 Å². The SMILES string of the molecule is NC1=NC2C(C(=O)NO)N=C(N)N3CC(NC(=O)c4cccc5c4CCCC5)C(O)(O)C23N1. The molecule has 1 spiro atoms. The minimum absolute atomic E-state index is 0.136. The van der Waals surface area contributed by atoms with Crippen LogP contribution in [0.15, 0.2) is 28.2 Å². The topological polar surface area (TPSA) is 211 Å². The molecule has 10 N–H and O–H groups in total. The number of benzene rings is 1. The third-order valence-electron chi connectivity index (χ3n) is 7.03. The molecule has 4 aliphatic rings. The van der Waals surface area contributed by atoms with Crippen molar-refractivity contribution in [3.63, 3.8) is 0 Å². The lowest BCUT2D eigenvalue weighted by molar-refractivity contribution is -0.230. The number of rotatable bonds is 3. The average molecular weight is 458 g/mol. The zero-order chi connectivity index (χ0) is 23.5. The van der Waals surface area contributed by atoms with E-state index in [0.29, 0.717) is 5.56 Å². The summed E-state index contributed by atoms with van der Waals surface area (Å²) in [6.45, 7) is -0.136. The number of guanidine groups is 2. The number of aryl methyl sites for hydroxylation is 1. The van der Waals surface area contributed by atoms with Gasteiger partial charge in [0.2, 0.25) is 5.79 Å². The zero-order valence-corrected chi connectivity index (χ0v) is 17.7. The van der Waals surface area contributed by atoms with Crippen molar-refractivity contribution < 1.29 is 25.0 Å². The van der Waals surface area contributed by atoms with Crippen LogP contribution in [0, 0.1) is 0 Å². The Bertz CT molecular complexity index is 1090. The predicted molar refractivity (Wildman–Crippen MR) is 115 cm³/mol. The molecular formula is C20H26N8O5. The summed E-state index contributed by atoms with van der Waals surface area (Å²) >= 11 is 0. The number of aliphatic imine (C=N–C) groups is 2. The standard InChI is InChI=1S/C20H26N8O5/c21-17-25-14-13(16(30)27-33)24-18(22)28-8-12(20(31,32)19(14,28)26-17)23-15(29)11-7-3-5-9-4-1-2-6-10(9)11/h3,5,7,12-14,31-33H,1-2,4,6,8H2,(H2,22,24)(H,23,29)(H,27,30)(H3,21,25,26). The van der Waals surface area contributed by atoms with Gasteiger partial charge in [-0.15, -0.1) is 0 Å². The van der Waals surface area contributed by atoms with E-state index in [2.05, 4.69) is 20.6 Å². The number of hydrogen-bond donors (Lipinski definition) is 8. The van der Waals surface area contributed by atoms with Gasteiger partial charge in [0.1, 0.15) is 12.1 Å². The quantitative estimate of drug-likeness (QED) is 0.130. The van der Waals surface area contributed by atoms with Gasteiger partial charge in [-0.3, -0.25) is 14.8 Å². The molecule has 33 heavy (non-hydrogen) atoms. The molecule has 3 aliphatic heterocycles. The largest absolute Gasteiger partial charge is 0.370 e. The first-order valence-corrected chi connectivity index (χ1v) is 10.7. The van der Waals surface area contributed by atoms with E-state index in [1.807, 2.05) is 12.1 Å². The number of nitrogens with two attached hydrogens (primary N) is 2. The summed E-state index contributed by atoms with van der Waals surface area (Å²) in [6, 6.07) is 1.68. The van der Waals surface area contributed by atoms with Crippen molar-refractivity contribution >= 4 is 23.7 Å². The van der Waals surface area contributed by atoms with Crippen LogP contribution in [-0.2, 0) is 17.6 Å². The van der Waals surface area contributed by atoms with Gasteiger partial charge in [0.05, 0.1) is 0 Å². The predicted octanol–water partition coefficient (Wildman–Crippen LogP) is -3.15. The van der Waals surface area contributed by atoms with Crippen LogP contribution in [-0.4, -0.2) is 80.2 Å². The van der Waals surface area contributed by atoms with Crippen LogP contribution in [0.5, 0.6) is 0 Å². The number of nitrogens with zero attached hydrogens (tertiary/aromatic N) is 3. The molecule has 5 rings (SSSR count). The van der Waals surface area contributed by atoms with Crippen molar-refractivity contribution in [3.8, 4) is 0 Å². The fraction of sp³-hybridized carbons (Fsp3) is 0.500. The molecule has 13 heteroatoms. The first-order chi connectivity index (χ1) is 15.7. The van der Waals surface area contributed by atoms with Crippen LogP contribution in [0.25, 0.3) is 0 Å². The number of hydroxylamine groups is 1. The van der Waals surface area contributed by atoms with Crippen LogP contribution < -0.4 is 27.6 Å². The lowest BCUT2D eigenvalue weighted by Gasteiger charge is -2.48. The van der Waals surface area contributed by atoms with Crippen molar-refractivity contribution in [1.29, 1.82) is 0 Å². The van der Waals surface area contributed by atoms with Gasteiger partial charge in [-0.25, -0.2) is 15.5 Å². The zero-order valence-electron chi connectivity index (χ0n) is 17.7. The maximum atomic E-state index is 13.2. The number of aliphatic hydroxyl groups is 2. The maximum absolute atomic E-state index is 13.2. The summed E-state index contributed by atoms with van der Waals surface area (Å²) in [6.07, 6.45) is 3.70. The summed E-state index contributed by atoms with van der Waals surface area (Å²) in [5, 5.41) is 37.3. The van der Waals surface area contributed by atoms with E-state index < -0.39 is 41.4 Å². The smallest absolute Gasteiger partial charge is 0.270 e. The van der Waals surface area contributed by atoms with Crippen LogP contribution in [0.1, 0.15) is 34.3 Å². The van der Waals surface area contributed by atoms with Crippen molar-refractivity contribution in [2.75, 3.05) is 6.54 Å². The summed E-state index contributed by atoms with van der Waals surface area (Å²) in [4.78, 5) is 35.0. The molecular weight excluding hydrogens is 432 g/mol.